The molecule has 0 unspecified atom stereocenters. The van der Waals surface area contributed by atoms with Crippen molar-refractivity contribution < 1.29 is 29.3 Å². The molecule has 0 fully saturated rings. The SMILES string of the molecule is COC(=O)c1cc(C(C)C)cc(Cc2cc(C(C)C)cc(C(=O)OC)c2O)c1O. The summed E-state index contributed by atoms with van der Waals surface area (Å²) in [5, 5.41) is 21.4. The van der Waals surface area contributed by atoms with Crippen LogP contribution < -0.4 is 0 Å². The molecule has 0 saturated carbocycles. The highest BCUT2D eigenvalue weighted by molar-refractivity contribution is 5.94. The van der Waals surface area contributed by atoms with Gasteiger partial charge in [0.05, 0.1) is 14.2 Å². The summed E-state index contributed by atoms with van der Waals surface area (Å²) in [6.45, 7) is 7.90. The Balaban J connectivity index is 2.66. The molecule has 0 atom stereocenters. The summed E-state index contributed by atoms with van der Waals surface area (Å²) in [5.41, 5.74) is 2.77. The monoisotopic (exact) mass is 400 g/mol. The van der Waals surface area contributed by atoms with Crippen LogP contribution in [-0.2, 0) is 15.9 Å². The van der Waals surface area contributed by atoms with Gasteiger partial charge in [0.25, 0.3) is 0 Å². The molecule has 2 aromatic rings. The first-order valence-electron chi connectivity index (χ1n) is 9.48. The Labute approximate surface area is 171 Å². The van der Waals surface area contributed by atoms with Crippen molar-refractivity contribution in [2.45, 2.75) is 46.0 Å². The maximum atomic E-state index is 12.1. The standard InChI is InChI=1S/C23H28O6/c1-12(2)14-7-16(20(24)18(10-14)22(26)28-5)9-17-8-15(13(3)4)11-19(21(17)25)23(27)29-6/h7-8,10-13,24-25H,9H2,1-6H3. The van der Waals surface area contributed by atoms with E-state index >= 15 is 0 Å². The van der Waals surface area contributed by atoms with Gasteiger partial charge in [-0.15, -0.1) is 0 Å². The minimum Gasteiger partial charge on any atom is -0.507 e. The second-order valence-corrected chi connectivity index (χ2v) is 7.62. The number of carbonyl (C=O) groups excluding carboxylic acids is 2. The van der Waals surface area contributed by atoms with Crippen molar-refractivity contribution in [2.24, 2.45) is 0 Å². The second-order valence-electron chi connectivity index (χ2n) is 7.62. The van der Waals surface area contributed by atoms with Gasteiger partial charge < -0.3 is 19.7 Å². The highest BCUT2D eigenvalue weighted by Gasteiger charge is 2.22. The second kappa shape index (κ2) is 8.99. The van der Waals surface area contributed by atoms with Crippen LogP contribution in [0.25, 0.3) is 0 Å². The van der Waals surface area contributed by atoms with Gasteiger partial charge in [0.15, 0.2) is 0 Å². The van der Waals surface area contributed by atoms with Crippen LogP contribution in [0.4, 0.5) is 0 Å². The molecule has 0 spiro atoms. The Morgan fingerprint density at radius 1 is 0.759 bits per heavy atom. The molecule has 156 valence electrons. The summed E-state index contributed by atoms with van der Waals surface area (Å²) in [7, 11) is 2.51. The number of aromatic hydroxyl groups is 2. The van der Waals surface area contributed by atoms with Gasteiger partial charge in [0.2, 0.25) is 0 Å². The number of hydrogen-bond donors (Lipinski definition) is 2. The number of carbonyl (C=O) groups is 2. The molecule has 0 aliphatic heterocycles. The fourth-order valence-electron chi connectivity index (χ4n) is 3.11. The molecule has 2 aromatic carbocycles. The zero-order chi connectivity index (χ0) is 21.9. The maximum Gasteiger partial charge on any atom is 0.341 e. The van der Waals surface area contributed by atoms with Crippen molar-refractivity contribution in [3.63, 3.8) is 0 Å². The average Bonchev–Trinajstić information content (AvgIpc) is 2.69. The van der Waals surface area contributed by atoms with Gasteiger partial charge in [-0.25, -0.2) is 9.59 Å². The summed E-state index contributed by atoms with van der Waals surface area (Å²) in [6.07, 6.45) is 0.132. The Morgan fingerprint density at radius 3 is 1.38 bits per heavy atom. The molecule has 0 aromatic heterocycles. The average molecular weight is 400 g/mol. The minimum atomic E-state index is -0.637. The molecule has 0 aliphatic carbocycles. The summed E-state index contributed by atoms with van der Waals surface area (Å²) < 4.78 is 9.57. The third kappa shape index (κ3) is 4.70. The molecule has 0 aliphatic rings. The van der Waals surface area contributed by atoms with E-state index in [1.165, 1.54) is 14.2 Å². The van der Waals surface area contributed by atoms with Crippen LogP contribution in [0.3, 0.4) is 0 Å². The van der Waals surface area contributed by atoms with Crippen LogP contribution in [0.5, 0.6) is 11.5 Å². The molecular weight excluding hydrogens is 372 g/mol. The number of phenols is 2. The van der Waals surface area contributed by atoms with Crippen LogP contribution in [-0.4, -0.2) is 36.4 Å². The van der Waals surface area contributed by atoms with E-state index in [1.807, 2.05) is 27.7 Å². The molecule has 0 bridgehead atoms. The topological polar surface area (TPSA) is 93.1 Å². The van der Waals surface area contributed by atoms with Crippen LogP contribution in [0.2, 0.25) is 0 Å². The van der Waals surface area contributed by atoms with Crippen LogP contribution in [0.1, 0.15) is 82.5 Å². The van der Waals surface area contributed by atoms with Gasteiger partial charge in [-0.05, 0) is 46.2 Å². The van der Waals surface area contributed by atoms with Crippen LogP contribution in [0.15, 0.2) is 24.3 Å². The van der Waals surface area contributed by atoms with Gasteiger partial charge in [-0.1, -0.05) is 39.8 Å². The van der Waals surface area contributed by atoms with E-state index in [2.05, 4.69) is 0 Å². The van der Waals surface area contributed by atoms with E-state index in [9.17, 15) is 19.8 Å². The lowest BCUT2D eigenvalue weighted by Gasteiger charge is -2.17. The minimum absolute atomic E-state index is 0.0707. The molecule has 0 heterocycles. The smallest absolute Gasteiger partial charge is 0.341 e. The van der Waals surface area contributed by atoms with Gasteiger partial charge in [0.1, 0.15) is 22.6 Å². The normalized spacial score (nSPS) is 11.0. The molecule has 0 amide bonds. The highest BCUT2D eigenvalue weighted by atomic mass is 16.5. The van der Waals surface area contributed by atoms with Gasteiger partial charge in [0, 0.05) is 6.42 Å². The van der Waals surface area contributed by atoms with E-state index in [0.29, 0.717) is 11.1 Å². The summed E-state index contributed by atoms with van der Waals surface area (Å²) in [5.74, 6) is -1.45. The number of benzene rings is 2. The fraction of sp³-hybridized carbons (Fsp3) is 0.391. The molecule has 29 heavy (non-hydrogen) atoms. The van der Waals surface area contributed by atoms with Crippen molar-refractivity contribution in [1.82, 2.24) is 0 Å². The van der Waals surface area contributed by atoms with E-state index < -0.39 is 11.9 Å². The Bertz CT molecular complexity index is 852. The Hall–Kier alpha value is -3.02. The highest BCUT2D eigenvalue weighted by Crippen LogP contribution is 2.35. The van der Waals surface area contributed by atoms with Gasteiger partial charge >= 0.3 is 11.9 Å². The number of esters is 2. The molecule has 2 rings (SSSR count). The first kappa shape index (κ1) is 22.3. The molecule has 0 saturated heterocycles. The zero-order valence-corrected chi connectivity index (χ0v) is 17.7. The summed E-state index contributed by atoms with van der Waals surface area (Å²) in [6, 6.07) is 6.82. The number of rotatable bonds is 6. The van der Waals surface area contributed by atoms with Crippen molar-refractivity contribution in [2.75, 3.05) is 14.2 Å². The van der Waals surface area contributed by atoms with E-state index in [-0.39, 0.29) is 40.9 Å². The third-order valence-corrected chi connectivity index (χ3v) is 4.95. The molecule has 2 N–H and O–H groups in total. The number of phenolic OH excluding ortho intramolecular Hbond substituents is 2. The van der Waals surface area contributed by atoms with Gasteiger partial charge in [-0.2, -0.15) is 0 Å². The molecular formula is C23H28O6. The van der Waals surface area contributed by atoms with Gasteiger partial charge in [-0.3, -0.25) is 0 Å². The third-order valence-electron chi connectivity index (χ3n) is 4.95. The predicted molar refractivity (Wildman–Crippen MR) is 110 cm³/mol. The molecule has 6 nitrogen and oxygen atoms in total. The van der Waals surface area contributed by atoms with E-state index in [4.69, 9.17) is 9.47 Å². The van der Waals surface area contributed by atoms with Crippen LogP contribution in [0, 0.1) is 0 Å². The van der Waals surface area contributed by atoms with Crippen molar-refractivity contribution >= 4 is 11.9 Å². The van der Waals surface area contributed by atoms with E-state index in [0.717, 1.165) is 11.1 Å². The maximum absolute atomic E-state index is 12.1. The predicted octanol–water partition coefficient (Wildman–Crippen LogP) is 4.51. The molecule has 6 heteroatoms. The van der Waals surface area contributed by atoms with Crippen molar-refractivity contribution in [3.05, 3.63) is 57.6 Å². The zero-order valence-electron chi connectivity index (χ0n) is 17.7. The Kier molecular flexibility index (Phi) is 6.90. The van der Waals surface area contributed by atoms with Crippen molar-refractivity contribution in [3.8, 4) is 11.5 Å². The summed E-state index contributed by atoms with van der Waals surface area (Å²) in [4.78, 5) is 24.2. The van der Waals surface area contributed by atoms with E-state index in [1.54, 1.807) is 24.3 Å². The lowest BCUT2D eigenvalue weighted by Crippen LogP contribution is -2.08. The quantitative estimate of drug-likeness (QED) is 0.693. The first-order valence-corrected chi connectivity index (χ1v) is 9.48. The van der Waals surface area contributed by atoms with Crippen molar-refractivity contribution in [1.29, 1.82) is 0 Å². The lowest BCUT2D eigenvalue weighted by molar-refractivity contribution is 0.0588. The number of methoxy groups -OCH3 is 2. The number of hydrogen-bond acceptors (Lipinski definition) is 6. The fourth-order valence-corrected chi connectivity index (χ4v) is 3.11. The largest absolute Gasteiger partial charge is 0.507 e. The first-order chi connectivity index (χ1) is 13.6. The number of ether oxygens (including phenoxy) is 2. The van der Waals surface area contributed by atoms with Crippen LogP contribution >= 0.6 is 0 Å². The molecule has 0 radical (unpaired) electrons. The summed E-state index contributed by atoms with van der Waals surface area (Å²) >= 11 is 0. The Morgan fingerprint density at radius 2 is 1.10 bits per heavy atom. The lowest BCUT2D eigenvalue weighted by atomic mass is 9.90.